The van der Waals surface area contributed by atoms with Crippen LogP contribution in [0.15, 0.2) is 35.5 Å². The van der Waals surface area contributed by atoms with Gasteiger partial charge >= 0.3 is 5.97 Å². The third kappa shape index (κ3) is 12.2. The predicted molar refractivity (Wildman–Crippen MR) is 169 cm³/mol. The van der Waals surface area contributed by atoms with E-state index >= 15 is 0 Å². The molecule has 1 aromatic carbocycles. The van der Waals surface area contributed by atoms with Gasteiger partial charge < -0.3 is 54.7 Å². The summed E-state index contributed by atoms with van der Waals surface area (Å²) in [5.41, 5.74) is 30.0. The second-order valence-corrected chi connectivity index (χ2v) is 10.7. The van der Waals surface area contributed by atoms with Crippen molar-refractivity contribution in [2.75, 3.05) is 19.6 Å². The number of aliphatic imine (C=N–C) groups is 1. The Balaban J connectivity index is 2.17. The highest BCUT2D eigenvalue weighted by molar-refractivity contribution is 5.94. The minimum Gasteiger partial charge on any atom is -0.480 e. The lowest BCUT2D eigenvalue weighted by Gasteiger charge is -2.25. The van der Waals surface area contributed by atoms with Gasteiger partial charge in [0.25, 0.3) is 0 Å². The van der Waals surface area contributed by atoms with E-state index in [1.165, 1.54) is 0 Å². The highest BCUT2D eigenvalue weighted by Crippen LogP contribution is 2.19. The van der Waals surface area contributed by atoms with Crippen LogP contribution in [0.3, 0.4) is 0 Å². The van der Waals surface area contributed by atoms with Crippen LogP contribution in [0.1, 0.15) is 56.9 Å². The number of aromatic nitrogens is 1. The zero-order valence-corrected chi connectivity index (χ0v) is 25.1. The van der Waals surface area contributed by atoms with Crippen molar-refractivity contribution in [3.05, 3.63) is 36.0 Å². The molecular weight excluding hydrogens is 568 g/mol. The zero-order chi connectivity index (χ0) is 32.5. The number of aliphatic carboxylic acids is 1. The summed E-state index contributed by atoms with van der Waals surface area (Å²) in [6.07, 6.45) is 5.17. The number of nitrogens with zero attached hydrogens (tertiary/aromatic N) is 1. The number of amides is 3. The minimum absolute atomic E-state index is 0.105. The van der Waals surface area contributed by atoms with Crippen LogP contribution in [0.2, 0.25) is 0 Å². The maximum absolute atomic E-state index is 13.5. The smallest absolute Gasteiger partial charge is 0.326 e. The van der Waals surface area contributed by atoms with E-state index in [9.17, 15) is 24.3 Å². The van der Waals surface area contributed by atoms with E-state index in [0.29, 0.717) is 45.2 Å². The largest absolute Gasteiger partial charge is 0.480 e. The first-order valence-corrected chi connectivity index (χ1v) is 15.0. The lowest BCUT2D eigenvalue weighted by atomic mass is 10.0. The molecule has 15 N–H and O–H groups in total. The van der Waals surface area contributed by atoms with Gasteiger partial charge in [-0.05, 0) is 82.5 Å². The number of carboxylic acids is 1. The number of nitrogens with one attached hydrogen (secondary N) is 4. The molecule has 15 heteroatoms. The van der Waals surface area contributed by atoms with E-state index < -0.39 is 47.9 Å². The van der Waals surface area contributed by atoms with Crippen LogP contribution >= 0.6 is 0 Å². The minimum atomic E-state index is -1.18. The molecule has 0 spiro atoms. The lowest BCUT2D eigenvalue weighted by Crippen LogP contribution is -2.57. The van der Waals surface area contributed by atoms with Crippen LogP contribution < -0.4 is 44.6 Å². The van der Waals surface area contributed by atoms with Gasteiger partial charge in [0.05, 0.1) is 6.04 Å². The summed E-state index contributed by atoms with van der Waals surface area (Å²) in [5, 5.41) is 18.5. The lowest BCUT2D eigenvalue weighted by molar-refractivity contribution is -0.142. The molecule has 244 valence electrons. The number of hydrogen-bond donors (Lipinski definition) is 10. The first kappa shape index (κ1) is 36.0. The number of nitrogens with two attached hydrogens (primary N) is 5. The summed E-state index contributed by atoms with van der Waals surface area (Å²) in [7, 11) is 0. The Morgan fingerprint density at radius 3 is 1.93 bits per heavy atom. The van der Waals surface area contributed by atoms with Crippen LogP contribution in [-0.4, -0.2) is 83.5 Å². The summed E-state index contributed by atoms with van der Waals surface area (Å²) in [6.45, 7) is 1.00. The predicted octanol–water partition coefficient (Wildman–Crippen LogP) is -1.11. The van der Waals surface area contributed by atoms with Gasteiger partial charge in [0.1, 0.15) is 18.1 Å². The van der Waals surface area contributed by atoms with E-state index in [1.54, 1.807) is 6.20 Å². The molecule has 15 nitrogen and oxygen atoms in total. The van der Waals surface area contributed by atoms with Gasteiger partial charge in [0.2, 0.25) is 17.7 Å². The number of unbranched alkanes of at least 4 members (excludes halogenated alkanes) is 2. The summed E-state index contributed by atoms with van der Waals surface area (Å²) in [4.78, 5) is 58.7. The van der Waals surface area contributed by atoms with Gasteiger partial charge in [-0.3, -0.25) is 19.4 Å². The standard InChI is InChI=1S/C29H48N10O5/c30-13-5-3-10-22(27(42)39-24(28(43)44)11-4-6-14-31)38-26(41)23(12-7-15-35-29(33)34)37-25(40)20(32)16-18-17-36-21-9-2-1-8-19(18)21/h1-2,8-9,17,20,22-24,36H,3-7,10-16,30-32H2,(H,37,40)(H,38,41)(H,39,42)(H,43,44)(H4,33,34,35). The highest BCUT2D eigenvalue weighted by Gasteiger charge is 2.30. The fraction of sp³-hybridized carbons (Fsp3) is 0.552. The monoisotopic (exact) mass is 616 g/mol. The van der Waals surface area contributed by atoms with Crippen LogP contribution in [-0.2, 0) is 25.6 Å². The van der Waals surface area contributed by atoms with Gasteiger partial charge in [-0.2, -0.15) is 0 Å². The van der Waals surface area contributed by atoms with Crippen molar-refractivity contribution in [1.29, 1.82) is 0 Å². The Labute approximate surface area is 257 Å². The Kier molecular flexibility index (Phi) is 15.7. The van der Waals surface area contributed by atoms with Crippen molar-refractivity contribution in [2.45, 2.75) is 82.0 Å². The molecule has 0 saturated heterocycles. The molecule has 1 aromatic heterocycles. The van der Waals surface area contributed by atoms with Crippen molar-refractivity contribution in [3.8, 4) is 0 Å². The Morgan fingerprint density at radius 2 is 1.34 bits per heavy atom. The highest BCUT2D eigenvalue weighted by atomic mass is 16.4. The summed E-state index contributed by atoms with van der Waals surface area (Å²) in [5.74, 6) is -3.10. The number of carbonyl (C=O) groups is 4. The van der Waals surface area contributed by atoms with E-state index in [-0.39, 0.29) is 38.2 Å². The number of guanidine groups is 1. The first-order chi connectivity index (χ1) is 21.1. The molecule has 0 fully saturated rings. The van der Waals surface area contributed by atoms with Crippen LogP contribution in [0.4, 0.5) is 0 Å². The average molecular weight is 617 g/mol. The van der Waals surface area contributed by atoms with Crippen LogP contribution in [0, 0.1) is 0 Å². The van der Waals surface area contributed by atoms with Crippen molar-refractivity contribution in [2.24, 2.45) is 33.7 Å². The molecule has 0 saturated carbocycles. The van der Waals surface area contributed by atoms with Crippen molar-refractivity contribution >= 4 is 40.6 Å². The Bertz CT molecular complexity index is 1250. The molecule has 4 unspecified atom stereocenters. The number of carboxylic acid groups (broad SMARTS) is 1. The molecule has 4 atom stereocenters. The quantitative estimate of drug-likeness (QED) is 0.0458. The number of fused-ring (bicyclic) bond motifs is 1. The normalized spacial score (nSPS) is 13.8. The number of hydrogen-bond acceptors (Lipinski definition) is 8. The zero-order valence-electron chi connectivity index (χ0n) is 25.1. The molecule has 0 radical (unpaired) electrons. The van der Waals surface area contributed by atoms with Crippen molar-refractivity contribution in [1.82, 2.24) is 20.9 Å². The van der Waals surface area contributed by atoms with Crippen molar-refractivity contribution < 1.29 is 24.3 Å². The molecule has 0 bridgehead atoms. The van der Waals surface area contributed by atoms with E-state index in [2.05, 4.69) is 25.9 Å². The number of para-hydroxylation sites is 1. The van der Waals surface area contributed by atoms with Gasteiger partial charge in [0, 0.05) is 23.6 Å². The molecule has 44 heavy (non-hydrogen) atoms. The Morgan fingerprint density at radius 1 is 0.795 bits per heavy atom. The second-order valence-electron chi connectivity index (χ2n) is 10.7. The fourth-order valence-corrected chi connectivity index (χ4v) is 4.74. The molecule has 0 aliphatic carbocycles. The number of carbonyl (C=O) groups excluding carboxylic acids is 3. The van der Waals surface area contributed by atoms with E-state index in [4.69, 9.17) is 28.7 Å². The molecule has 2 aromatic rings. The molecular formula is C29H48N10O5. The van der Waals surface area contributed by atoms with Gasteiger partial charge in [0.15, 0.2) is 5.96 Å². The third-order valence-electron chi connectivity index (χ3n) is 7.17. The fourth-order valence-electron chi connectivity index (χ4n) is 4.74. The summed E-state index contributed by atoms with van der Waals surface area (Å²) in [6, 6.07) is 3.42. The molecule has 1 heterocycles. The van der Waals surface area contributed by atoms with E-state index in [0.717, 1.165) is 16.5 Å². The summed E-state index contributed by atoms with van der Waals surface area (Å²) >= 11 is 0. The average Bonchev–Trinajstić information content (AvgIpc) is 3.39. The number of rotatable bonds is 21. The maximum Gasteiger partial charge on any atom is 0.326 e. The molecule has 0 aliphatic rings. The van der Waals surface area contributed by atoms with Gasteiger partial charge in [-0.15, -0.1) is 0 Å². The van der Waals surface area contributed by atoms with E-state index in [1.807, 2.05) is 24.3 Å². The van der Waals surface area contributed by atoms with Crippen LogP contribution in [0.25, 0.3) is 10.9 Å². The van der Waals surface area contributed by atoms with Crippen LogP contribution in [0.5, 0.6) is 0 Å². The first-order valence-electron chi connectivity index (χ1n) is 15.0. The number of H-pyrrole nitrogens is 1. The van der Waals surface area contributed by atoms with Gasteiger partial charge in [-0.1, -0.05) is 18.2 Å². The third-order valence-corrected chi connectivity index (χ3v) is 7.17. The Hall–Kier alpha value is -4.21. The van der Waals surface area contributed by atoms with Crippen molar-refractivity contribution in [3.63, 3.8) is 0 Å². The molecule has 3 amide bonds. The topological polar surface area (TPSA) is 283 Å². The maximum atomic E-state index is 13.5. The number of benzene rings is 1. The second kappa shape index (κ2) is 19.1. The molecule has 0 aliphatic heterocycles. The molecule has 2 rings (SSSR count). The summed E-state index contributed by atoms with van der Waals surface area (Å²) < 4.78 is 0. The number of aromatic amines is 1. The van der Waals surface area contributed by atoms with Gasteiger partial charge in [-0.25, -0.2) is 4.79 Å². The SMILES string of the molecule is NCCCCC(NC(=O)C(CCCCN)NC(=O)C(CCCN=C(N)N)NC(=O)C(N)Cc1c[nH]c2ccccc12)C(=O)O.